The van der Waals surface area contributed by atoms with Crippen LogP contribution in [0, 0.1) is 0 Å². The first-order chi connectivity index (χ1) is 16.8. The number of benzene rings is 2. The number of pyridine rings is 1. The highest BCUT2D eigenvalue weighted by molar-refractivity contribution is 6.52. The number of carbonyl (C=O) groups excluding carboxylic acids is 2. The molecule has 1 amide bonds. The molecule has 1 aliphatic heterocycles. The molecule has 0 radical (unpaired) electrons. The first-order valence-electron chi connectivity index (χ1n) is 10.3. The van der Waals surface area contributed by atoms with E-state index in [2.05, 4.69) is 4.98 Å². The molecule has 1 atom stereocenters. The van der Waals surface area contributed by atoms with Crippen LogP contribution in [0.3, 0.4) is 0 Å². The van der Waals surface area contributed by atoms with Gasteiger partial charge in [0.2, 0.25) is 0 Å². The number of anilines is 1. The SMILES string of the molecule is COc1ccc(N2C(=O)C(=O)/C(=C(/O)c3cc(Cl)c(OC)c(Cl)c3OC)C2c2ccncc2)cc1. The van der Waals surface area contributed by atoms with Gasteiger partial charge in [-0.05, 0) is 48.0 Å². The number of Topliss-reactive ketones (excluding diaryl/α,β-unsaturated/α-hetero) is 1. The molecule has 1 N–H and O–H groups in total. The molecule has 3 aromatic rings. The topological polar surface area (TPSA) is 98.2 Å². The molecule has 0 bridgehead atoms. The lowest BCUT2D eigenvalue weighted by Crippen LogP contribution is -2.29. The summed E-state index contributed by atoms with van der Waals surface area (Å²) in [5.41, 5.74) is 0.871. The number of aliphatic hydroxyl groups is 1. The third-order valence-electron chi connectivity index (χ3n) is 5.61. The quantitative estimate of drug-likeness (QED) is 0.279. The van der Waals surface area contributed by atoms with E-state index in [-0.39, 0.29) is 32.7 Å². The number of nitrogens with zero attached hydrogens (tertiary/aromatic N) is 2. The third kappa shape index (κ3) is 4.15. The molecule has 0 aliphatic carbocycles. The molecule has 1 saturated heterocycles. The van der Waals surface area contributed by atoms with Gasteiger partial charge in [0.05, 0.1) is 43.5 Å². The average molecular weight is 515 g/mol. The van der Waals surface area contributed by atoms with Gasteiger partial charge in [0.15, 0.2) is 11.5 Å². The summed E-state index contributed by atoms with van der Waals surface area (Å²) in [5.74, 6) is -1.43. The van der Waals surface area contributed by atoms with Crippen LogP contribution in [0.1, 0.15) is 17.2 Å². The number of hydrogen-bond acceptors (Lipinski definition) is 7. The van der Waals surface area contributed by atoms with E-state index in [4.69, 9.17) is 37.4 Å². The van der Waals surface area contributed by atoms with Crippen LogP contribution in [0.15, 0.2) is 60.4 Å². The lowest BCUT2D eigenvalue weighted by atomic mass is 9.95. The number of halogens is 2. The van der Waals surface area contributed by atoms with Gasteiger partial charge >= 0.3 is 0 Å². The van der Waals surface area contributed by atoms with Gasteiger partial charge in [-0.25, -0.2) is 0 Å². The Labute approximate surface area is 211 Å². The molecule has 1 fully saturated rings. The minimum absolute atomic E-state index is 0.00824. The lowest BCUT2D eigenvalue weighted by Gasteiger charge is -2.25. The molecular weight excluding hydrogens is 495 g/mol. The van der Waals surface area contributed by atoms with Gasteiger partial charge in [0.1, 0.15) is 16.5 Å². The second kappa shape index (κ2) is 9.85. The molecule has 0 saturated carbocycles. The van der Waals surface area contributed by atoms with Gasteiger partial charge in [-0.2, -0.15) is 0 Å². The fraction of sp³-hybridized carbons (Fsp3) is 0.160. The van der Waals surface area contributed by atoms with Gasteiger partial charge < -0.3 is 19.3 Å². The number of ketones is 1. The van der Waals surface area contributed by atoms with Crippen molar-refractivity contribution in [1.29, 1.82) is 0 Å². The summed E-state index contributed by atoms with van der Waals surface area (Å²) in [4.78, 5) is 31.9. The highest BCUT2D eigenvalue weighted by atomic mass is 35.5. The van der Waals surface area contributed by atoms with Crippen LogP contribution in [0.25, 0.3) is 5.76 Å². The summed E-state index contributed by atoms with van der Waals surface area (Å²) in [7, 11) is 4.26. The Balaban J connectivity index is 1.98. The van der Waals surface area contributed by atoms with E-state index >= 15 is 0 Å². The minimum Gasteiger partial charge on any atom is -0.507 e. The molecule has 4 rings (SSSR count). The second-order valence-corrected chi connectivity index (χ2v) is 8.22. The maximum absolute atomic E-state index is 13.3. The van der Waals surface area contributed by atoms with Crippen molar-refractivity contribution in [2.75, 3.05) is 26.2 Å². The molecule has 10 heteroatoms. The summed E-state index contributed by atoms with van der Waals surface area (Å²) >= 11 is 12.7. The number of aliphatic hydroxyl groups excluding tert-OH is 1. The first kappa shape index (κ1) is 24.4. The molecule has 1 aromatic heterocycles. The maximum atomic E-state index is 13.3. The van der Waals surface area contributed by atoms with E-state index in [1.807, 2.05) is 0 Å². The smallest absolute Gasteiger partial charge is 0.300 e. The van der Waals surface area contributed by atoms with Gasteiger partial charge in [0, 0.05) is 18.1 Å². The summed E-state index contributed by atoms with van der Waals surface area (Å²) in [5, 5.41) is 11.5. The average Bonchev–Trinajstić information content (AvgIpc) is 3.14. The van der Waals surface area contributed by atoms with Crippen LogP contribution >= 0.6 is 23.2 Å². The van der Waals surface area contributed by atoms with Crippen LogP contribution in [-0.2, 0) is 9.59 Å². The van der Waals surface area contributed by atoms with Crippen molar-refractivity contribution >= 4 is 46.3 Å². The molecule has 2 heterocycles. The molecule has 35 heavy (non-hydrogen) atoms. The Morgan fingerprint density at radius 3 is 2.14 bits per heavy atom. The largest absolute Gasteiger partial charge is 0.507 e. The Morgan fingerprint density at radius 2 is 1.57 bits per heavy atom. The zero-order chi connectivity index (χ0) is 25.3. The lowest BCUT2D eigenvalue weighted by molar-refractivity contribution is -0.132. The molecular formula is C25H20Cl2N2O6. The van der Waals surface area contributed by atoms with Gasteiger partial charge in [0.25, 0.3) is 11.7 Å². The number of rotatable bonds is 6. The Kier molecular flexibility index (Phi) is 6.86. The van der Waals surface area contributed by atoms with E-state index < -0.39 is 23.5 Å². The standard InChI is InChI=1S/C25H20Cl2N2O6/c1-33-15-6-4-14(5-7-15)29-20(13-8-10-28-11-9-13)18(22(31)25(29)32)21(30)16-12-17(26)24(35-3)19(27)23(16)34-2/h4-12,20,30H,1-3H3/b21-18+. The van der Waals surface area contributed by atoms with Crippen molar-refractivity contribution < 1.29 is 28.9 Å². The summed E-state index contributed by atoms with van der Waals surface area (Å²) in [6, 6.07) is 10.4. The summed E-state index contributed by atoms with van der Waals surface area (Å²) in [6.07, 6.45) is 3.07. The fourth-order valence-electron chi connectivity index (χ4n) is 3.99. The molecule has 1 aliphatic rings. The number of ether oxygens (including phenoxy) is 3. The number of methoxy groups -OCH3 is 3. The van der Waals surface area contributed by atoms with E-state index in [1.165, 1.54) is 44.7 Å². The highest BCUT2D eigenvalue weighted by Gasteiger charge is 2.47. The minimum atomic E-state index is -0.962. The number of aromatic nitrogens is 1. The maximum Gasteiger partial charge on any atom is 0.300 e. The van der Waals surface area contributed by atoms with Crippen LogP contribution in [0.4, 0.5) is 5.69 Å². The normalized spacial score (nSPS) is 16.9. The molecule has 2 aromatic carbocycles. The predicted octanol–water partition coefficient (Wildman–Crippen LogP) is 5.04. The predicted molar refractivity (Wildman–Crippen MR) is 132 cm³/mol. The van der Waals surface area contributed by atoms with Gasteiger partial charge in [-0.3, -0.25) is 19.5 Å². The van der Waals surface area contributed by atoms with E-state index in [1.54, 1.807) is 36.4 Å². The third-order valence-corrected chi connectivity index (χ3v) is 6.24. The highest BCUT2D eigenvalue weighted by Crippen LogP contribution is 2.48. The van der Waals surface area contributed by atoms with Crippen molar-refractivity contribution in [3.8, 4) is 17.2 Å². The van der Waals surface area contributed by atoms with Crippen molar-refractivity contribution in [2.45, 2.75) is 6.04 Å². The van der Waals surface area contributed by atoms with Crippen molar-refractivity contribution in [3.05, 3.63) is 81.6 Å². The van der Waals surface area contributed by atoms with E-state index in [9.17, 15) is 14.7 Å². The Morgan fingerprint density at radius 1 is 0.943 bits per heavy atom. The number of hydrogen-bond donors (Lipinski definition) is 1. The zero-order valence-electron chi connectivity index (χ0n) is 18.9. The van der Waals surface area contributed by atoms with Crippen LogP contribution < -0.4 is 19.1 Å². The van der Waals surface area contributed by atoms with Crippen LogP contribution in [-0.4, -0.2) is 43.1 Å². The fourth-order valence-corrected chi connectivity index (χ4v) is 4.68. The first-order valence-corrected chi connectivity index (χ1v) is 11.0. The molecule has 180 valence electrons. The van der Waals surface area contributed by atoms with Crippen molar-refractivity contribution in [2.24, 2.45) is 0 Å². The molecule has 1 unspecified atom stereocenters. The van der Waals surface area contributed by atoms with Gasteiger partial charge in [-0.1, -0.05) is 23.2 Å². The van der Waals surface area contributed by atoms with Crippen LogP contribution in [0.5, 0.6) is 17.2 Å². The monoisotopic (exact) mass is 514 g/mol. The summed E-state index contributed by atoms with van der Waals surface area (Å²) < 4.78 is 15.8. The second-order valence-electron chi connectivity index (χ2n) is 7.43. The molecule has 8 nitrogen and oxygen atoms in total. The van der Waals surface area contributed by atoms with E-state index in [0.717, 1.165) is 0 Å². The van der Waals surface area contributed by atoms with Gasteiger partial charge in [-0.15, -0.1) is 0 Å². The number of amides is 1. The summed E-state index contributed by atoms with van der Waals surface area (Å²) in [6.45, 7) is 0. The Hall–Kier alpha value is -3.75. The zero-order valence-corrected chi connectivity index (χ0v) is 20.4. The van der Waals surface area contributed by atoms with Crippen LogP contribution in [0.2, 0.25) is 10.0 Å². The number of carbonyl (C=O) groups is 2. The van der Waals surface area contributed by atoms with Crippen molar-refractivity contribution in [1.82, 2.24) is 4.98 Å². The van der Waals surface area contributed by atoms with E-state index in [0.29, 0.717) is 17.0 Å². The van der Waals surface area contributed by atoms with Crippen molar-refractivity contribution in [3.63, 3.8) is 0 Å². The Bertz CT molecular complexity index is 1330. The molecule has 0 spiro atoms.